The first kappa shape index (κ1) is 12.9. The van der Waals surface area contributed by atoms with Crippen molar-refractivity contribution >= 4 is 34.7 Å². The van der Waals surface area contributed by atoms with Gasteiger partial charge in [0.25, 0.3) is 5.91 Å². The Balaban J connectivity index is 2.21. The molecule has 0 aliphatic heterocycles. The molecule has 94 valence electrons. The highest BCUT2D eigenvalue weighted by molar-refractivity contribution is 7.08. The average Bonchev–Trinajstić information content (AvgIpc) is 2.81. The molecule has 1 heterocycles. The lowest BCUT2D eigenvalue weighted by molar-refractivity contribution is 0.102. The summed E-state index contributed by atoms with van der Waals surface area (Å²) in [5.74, 6) is -0.991. The van der Waals surface area contributed by atoms with E-state index in [1.165, 1.54) is 12.1 Å². The van der Waals surface area contributed by atoms with E-state index in [2.05, 4.69) is 14.9 Å². The summed E-state index contributed by atoms with van der Waals surface area (Å²) in [7, 11) is 0. The van der Waals surface area contributed by atoms with Crippen LogP contribution in [0.2, 0.25) is 5.02 Å². The van der Waals surface area contributed by atoms with Gasteiger partial charge in [0, 0.05) is 5.02 Å². The minimum Gasteiger partial charge on any atom is -0.319 e. The monoisotopic (exact) mass is 285 g/mol. The van der Waals surface area contributed by atoms with Crippen LogP contribution in [-0.2, 0) is 6.42 Å². The number of nitrogens with zero attached hydrogens (tertiary/aromatic N) is 2. The van der Waals surface area contributed by atoms with Crippen LogP contribution in [0.5, 0.6) is 0 Å². The van der Waals surface area contributed by atoms with Crippen LogP contribution in [-0.4, -0.2) is 15.5 Å². The summed E-state index contributed by atoms with van der Waals surface area (Å²) in [6.07, 6.45) is 0.600. The molecule has 0 radical (unpaired) electrons. The standard InChI is InChI=1S/C11H9ClFN3OS/c1-2-8-10(18-16-15-8)11(17)14-9-4-3-6(12)5-7(9)13/h3-5H,2H2,1H3,(H,14,17). The highest BCUT2D eigenvalue weighted by Crippen LogP contribution is 2.20. The van der Waals surface area contributed by atoms with E-state index in [9.17, 15) is 9.18 Å². The van der Waals surface area contributed by atoms with Crippen LogP contribution in [0.4, 0.5) is 10.1 Å². The van der Waals surface area contributed by atoms with Gasteiger partial charge in [-0.3, -0.25) is 4.79 Å². The third-order valence-corrected chi connectivity index (χ3v) is 3.28. The van der Waals surface area contributed by atoms with Gasteiger partial charge in [-0.2, -0.15) is 0 Å². The average molecular weight is 286 g/mol. The van der Waals surface area contributed by atoms with Gasteiger partial charge in [0.1, 0.15) is 10.7 Å². The van der Waals surface area contributed by atoms with E-state index >= 15 is 0 Å². The number of nitrogens with one attached hydrogen (secondary N) is 1. The minimum absolute atomic E-state index is 0.0832. The number of hydrogen-bond acceptors (Lipinski definition) is 4. The fourth-order valence-electron chi connectivity index (χ4n) is 1.38. The van der Waals surface area contributed by atoms with E-state index < -0.39 is 11.7 Å². The van der Waals surface area contributed by atoms with Crippen LogP contribution in [0.3, 0.4) is 0 Å². The maximum atomic E-state index is 13.5. The molecular weight excluding hydrogens is 277 g/mol. The Labute approximate surface area is 112 Å². The fourth-order valence-corrected chi connectivity index (χ4v) is 2.19. The number of aryl methyl sites for hydroxylation is 1. The molecule has 7 heteroatoms. The van der Waals surface area contributed by atoms with Crippen molar-refractivity contribution in [2.75, 3.05) is 5.32 Å². The van der Waals surface area contributed by atoms with Crippen LogP contribution in [0, 0.1) is 5.82 Å². The van der Waals surface area contributed by atoms with E-state index in [1.807, 2.05) is 6.92 Å². The molecule has 4 nitrogen and oxygen atoms in total. The molecule has 0 spiro atoms. The van der Waals surface area contributed by atoms with Gasteiger partial charge in [0.2, 0.25) is 0 Å². The van der Waals surface area contributed by atoms with E-state index in [-0.39, 0.29) is 10.7 Å². The Morgan fingerprint density at radius 1 is 1.56 bits per heavy atom. The molecule has 0 bridgehead atoms. The van der Waals surface area contributed by atoms with Crippen LogP contribution in [0.25, 0.3) is 0 Å². The molecule has 2 rings (SSSR count). The molecule has 0 aliphatic rings. The van der Waals surface area contributed by atoms with Crippen LogP contribution < -0.4 is 5.32 Å². The number of rotatable bonds is 3. The number of amides is 1. The summed E-state index contributed by atoms with van der Waals surface area (Å²) in [5, 5.41) is 6.58. The van der Waals surface area contributed by atoms with Gasteiger partial charge < -0.3 is 5.32 Å². The predicted molar refractivity (Wildman–Crippen MR) is 68.7 cm³/mol. The molecule has 0 unspecified atom stereocenters. The lowest BCUT2D eigenvalue weighted by Crippen LogP contribution is -2.13. The zero-order valence-electron chi connectivity index (χ0n) is 9.41. The minimum atomic E-state index is -0.577. The lowest BCUT2D eigenvalue weighted by Gasteiger charge is -2.05. The normalized spacial score (nSPS) is 10.4. The molecule has 2 aromatic rings. The van der Waals surface area contributed by atoms with Crippen molar-refractivity contribution in [2.24, 2.45) is 0 Å². The van der Waals surface area contributed by atoms with E-state index in [4.69, 9.17) is 11.6 Å². The van der Waals surface area contributed by atoms with Gasteiger partial charge >= 0.3 is 0 Å². The zero-order valence-corrected chi connectivity index (χ0v) is 11.0. The molecule has 0 fully saturated rings. The number of halogens is 2. The Kier molecular flexibility index (Phi) is 3.88. The smallest absolute Gasteiger partial charge is 0.269 e. The van der Waals surface area contributed by atoms with Crippen molar-refractivity contribution in [3.8, 4) is 0 Å². The van der Waals surface area contributed by atoms with Gasteiger partial charge in [-0.15, -0.1) is 5.10 Å². The van der Waals surface area contributed by atoms with Gasteiger partial charge in [-0.1, -0.05) is 23.0 Å². The lowest BCUT2D eigenvalue weighted by atomic mass is 10.2. The highest BCUT2D eigenvalue weighted by atomic mass is 35.5. The second kappa shape index (κ2) is 5.41. The number of carbonyl (C=O) groups excluding carboxylic acids is 1. The number of aromatic nitrogens is 2. The Bertz CT molecular complexity index is 587. The summed E-state index contributed by atoms with van der Waals surface area (Å²) in [5.41, 5.74) is 0.687. The third kappa shape index (κ3) is 2.65. The van der Waals surface area contributed by atoms with Gasteiger partial charge in [-0.25, -0.2) is 4.39 Å². The number of hydrogen-bond donors (Lipinski definition) is 1. The topological polar surface area (TPSA) is 54.9 Å². The number of anilines is 1. The predicted octanol–water partition coefficient (Wildman–Crippen LogP) is 3.15. The van der Waals surface area contributed by atoms with Crippen LogP contribution in [0.15, 0.2) is 18.2 Å². The molecule has 0 atom stereocenters. The molecule has 0 saturated heterocycles. The second-order valence-electron chi connectivity index (χ2n) is 3.48. The first-order valence-electron chi connectivity index (χ1n) is 5.19. The molecule has 0 saturated carbocycles. The zero-order chi connectivity index (χ0) is 13.1. The number of carbonyl (C=O) groups is 1. The number of benzene rings is 1. The summed E-state index contributed by atoms with van der Waals surface area (Å²) in [6, 6.07) is 4.06. The quantitative estimate of drug-likeness (QED) is 0.942. The third-order valence-electron chi connectivity index (χ3n) is 2.28. The Morgan fingerprint density at radius 2 is 2.33 bits per heavy atom. The van der Waals surface area contributed by atoms with Crippen molar-refractivity contribution in [3.05, 3.63) is 39.6 Å². The maximum absolute atomic E-state index is 13.5. The summed E-state index contributed by atoms with van der Waals surface area (Å²) in [6.45, 7) is 1.87. The highest BCUT2D eigenvalue weighted by Gasteiger charge is 2.16. The van der Waals surface area contributed by atoms with Gasteiger partial charge in [0.15, 0.2) is 0 Å². The fraction of sp³-hybridized carbons (Fsp3) is 0.182. The molecule has 1 amide bonds. The largest absolute Gasteiger partial charge is 0.319 e. The molecule has 0 aliphatic carbocycles. The van der Waals surface area contributed by atoms with Crippen molar-refractivity contribution in [1.29, 1.82) is 0 Å². The summed E-state index contributed by atoms with van der Waals surface area (Å²) >= 11 is 6.62. The van der Waals surface area contributed by atoms with Crippen LogP contribution >= 0.6 is 23.1 Å². The van der Waals surface area contributed by atoms with Crippen molar-refractivity contribution in [3.63, 3.8) is 0 Å². The van der Waals surface area contributed by atoms with Crippen molar-refractivity contribution in [2.45, 2.75) is 13.3 Å². The summed E-state index contributed by atoms with van der Waals surface area (Å²) < 4.78 is 17.2. The molecule has 1 N–H and O–H groups in total. The molecule has 1 aromatic heterocycles. The second-order valence-corrected chi connectivity index (χ2v) is 4.67. The Morgan fingerprint density at radius 3 is 3.00 bits per heavy atom. The van der Waals surface area contributed by atoms with E-state index in [0.717, 1.165) is 17.6 Å². The molecule has 18 heavy (non-hydrogen) atoms. The Hall–Kier alpha value is -1.53. The maximum Gasteiger partial charge on any atom is 0.269 e. The van der Waals surface area contributed by atoms with E-state index in [0.29, 0.717) is 17.0 Å². The first-order chi connectivity index (χ1) is 8.61. The van der Waals surface area contributed by atoms with Gasteiger partial charge in [-0.05, 0) is 36.2 Å². The van der Waals surface area contributed by atoms with E-state index in [1.54, 1.807) is 0 Å². The SMILES string of the molecule is CCc1nnsc1C(=O)Nc1ccc(Cl)cc1F. The van der Waals surface area contributed by atoms with Crippen molar-refractivity contribution < 1.29 is 9.18 Å². The van der Waals surface area contributed by atoms with Crippen LogP contribution in [0.1, 0.15) is 22.3 Å². The summed E-state index contributed by atoms with van der Waals surface area (Å²) in [4.78, 5) is 12.3. The first-order valence-corrected chi connectivity index (χ1v) is 6.34. The van der Waals surface area contributed by atoms with Gasteiger partial charge in [0.05, 0.1) is 11.4 Å². The molecular formula is C11H9ClFN3OS. The molecule has 1 aromatic carbocycles. The van der Waals surface area contributed by atoms with Crippen molar-refractivity contribution in [1.82, 2.24) is 9.59 Å².